The van der Waals surface area contributed by atoms with Crippen LogP contribution < -0.4 is 5.69 Å². The molecule has 2 atom stereocenters. The van der Waals surface area contributed by atoms with Gasteiger partial charge in [0.2, 0.25) is 0 Å². The molecule has 0 spiro atoms. The number of nitrogens with one attached hydrogen (secondary N) is 1. The van der Waals surface area contributed by atoms with E-state index in [1.807, 2.05) is 6.92 Å². The van der Waals surface area contributed by atoms with Crippen LogP contribution in [0.25, 0.3) is 17.2 Å². The van der Waals surface area contributed by atoms with E-state index in [1.165, 1.54) is 21.6 Å². The summed E-state index contributed by atoms with van der Waals surface area (Å²) in [5.41, 5.74) is 1.86. The number of nitrogens with zero attached hydrogens (tertiary/aromatic N) is 6. The molecule has 5 rings (SSSR count). The fourth-order valence-corrected chi connectivity index (χ4v) is 6.24. The molecule has 0 bridgehead atoms. The maximum absolute atomic E-state index is 14.6. The maximum atomic E-state index is 14.6. The summed E-state index contributed by atoms with van der Waals surface area (Å²) in [7, 11) is -3.02. The standard InChI is InChI=1S/C30H36FN7O4S/c1-8-43(32,41)23-11-9-10-21(16-23)38-28(39)36(17-33-38)27-25-20(4)35(29(40)42-30(5,6)7)13-12-24(25)34-37(27)22-14-18(2)26(31)19(3)15-22/h9-11,14-17,20,32H,8,12-13H2,1-7H3/t20-,43?/m0/s1. The Morgan fingerprint density at radius 1 is 1.14 bits per heavy atom. The van der Waals surface area contributed by atoms with Gasteiger partial charge in [0.05, 0.1) is 32.8 Å². The second-order valence-corrected chi connectivity index (χ2v) is 14.1. The fraction of sp³-hybridized carbons (Fsp3) is 0.400. The van der Waals surface area contributed by atoms with Crippen LogP contribution in [-0.4, -0.2) is 57.2 Å². The van der Waals surface area contributed by atoms with E-state index in [9.17, 15) is 18.2 Å². The molecule has 1 amide bonds. The van der Waals surface area contributed by atoms with Gasteiger partial charge in [-0.05, 0) is 83.0 Å². The van der Waals surface area contributed by atoms with Gasteiger partial charge in [0, 0.05) is 29.2 Å². The molecule has 0 fully saturated rings. The van der Waals surface area contributed by atoms with Crippen molar-refractivity contribution in [2.75, 3.05) is 12.3 Å². The lowest BCUT2D eigenvalue weighted by Crippen LogP contribution is -2.42. The van der Waals surface area contributed by atoms with Crippen LogP contribution >= 0.6 is 0 Å². The normalized spacial score (nSPS) is 16.6. The Kier molecular flexibility index (Phi) is 7.57. The number of carbonyl (C=O) groups excluding carboxylic acids is 1. The van der Waals surface area contributed by atoms with Gasteiger partial charge in [0.15, 0.2) is 5.82 Å². The molecule has 2 aromatic heterocycles. The Hall–Kier alpha value is -4.26. The zero-order valence-corrected chi connectivity index (χ0v) is 26.2. The van der Waals surface area contributed by atoms with Crippen molar-refractivity contribution in [1.29, 1.82) is 4.78 Å². The molecule has 11 nitrogen and oxygen atoms in total. The maximum Gasteiger partial charge on any atom is 0.410 e. The minimum atomic E-state index is -3.02. The number of aromatic nitrogens is 5. The Bertz CT molecular complexity index is 1880. The van der Waals surface area contributed by atoms with Crippen LogP contribution in [0.2, 0.25) is 0 Å². The molecule has 13 heteroatoms. The Balaban J connectivity index is 1.71. The Morgan fingerprint density at radius 3 is 2.44 bits per heavy atom. The van der Waals surface area contributed by atoms with E-state index in [4.69, 9.17) is 14.6 Å². The first kappa shape index (κ1) is 30.2. The van der Waals surface area contributed by atoms with E-state index >= 15 is 0 Å². The van der Waals surface area contributed by atoms with Gasteiger partial charge in [-0.1, -0.05) is 13.0 Å². The number of amides is 1. The predicted octanol–water partition coefficient (Wildman–Crippen LogP) is 5.24. The van der Waals surface area contributed by atoms with Gasteiger partial charge < -0.3 is 9.64 Å². The monoisotopic (exact) mass is 609 g/mol. The molecule has 3 heterocycles. The summed E-state index contributed by atoms with van der Waals surface area (Å²) in [5, 5.41) is 9.22. The molecule has 43 heavy (non-hydrogen) atoms. The summed E-state index contributed by atoms with van der Waals surface area (Å²) in [6, 6.07) is 9.23. The number of fused-ring (bicyclic) bond motifs is 1. The molecular weight excluding hydrogens is 573 g/mol. The summed E-state index contributed by atoms with van der Waals surface area (Å²) >= 11 is 0. The first-order valence-electron chi connectivity index (χ1n) is 14.1. The quantitative estimate of drug-likeness (QED) is 0.329. The number of rotatable bonds is 5. The highest BCUT2D eigenvalue weighted by Gasteiger charge is 2.37. The Labute approximate surface area is 249 Å². The zero-order chi connectivity index (χ0) is 31.4. The highest BCUT2D eigenvalue weighted by atomic mass is 32.2. The SMILES string of the molecule is CCS(=N)(=O)c1cccc(-n2ncn(-c3c4c(nn3-c3cc(C)c(F)c(C)c3)CCN(C(=O)OC(C)(C)C)[C@H]4C)c2=O)c1. The number of halogens is 1. The summed E-state index contributed by atoms with van der Waals surface area (Å²) < 4.78 is 45.3. The second-order valence-electron chi connectivity index (χ2n) is 11.7. The number of hydrogen-bond donors (Lipinski definition) is 1. The Morgan fingerprint density at radius 2 is 1.81 bits per heavy atom. The van der Waals surface area contributed by atoms with E-state index < -0.39 is 33.2 Å². The lowest BCUT2D eigenvalue weighted by molar-refractivity contribution is 0.0159. The first-order valence-corrected chi connectivity index (χ1v) is 15.8. The van der Waals surface area contributed by atoms with Gasteiger partial charge in [-0.2, -0.15) is 14.9 Å². The van der Waals surface area contributed by atoms with Gasteiger partial charge >= 0.3 is 11.8 Å². The molecule has 1 aliphatic heterocycles. The zero-order valence-electron chi connectivity index (χ0n) is 25.3. The number of carbonyl (C=O) groups is 1. The number of benzene rings is 2. The molecule has 2 aromatic carbocycles. The van der Waals surface area contributed by atoms with Crippen molar-refractivity contribution in [3.63, 3.8) is 0 Å². The van der Waals surface area contributed by atoms with Crippen LogP contribution in [-0.2, 0) is 20.9 Å². The van der Waals surface area contributed by atoms with Crippen molar-refractivity contribution in [3.05, 3.63) is 81.4 Å². The van der Waals surface area contributed by atoms with Crippen molar-refractivity contribution in [1.82, 2.24) is 29.0 Å². The van der Waals surface area contributed by atoms with E-state index in [-0.39, 0.29) is 11.6 Å². The van der Waals surface area contributed by atoms with Crippen LogP contribution in [0.15, 0.2) is 52.4 Å². The van der Waals surface area contributed by atoms with E-state index in [0.29, 0.717) is 57.4 Å². The van der Waals surface area contributed by atoms with Gasteiger partial charge in [-0.15, -0.1) is 0 Å². The highest BCUT2D eigenvalue weighted by Crippen LogP contribution is 2.36. The lowest BCUT2D eigenvalue weighted by Gasteiger charge is -2.34. The second kappa shape index (κ2) is 10.8. The number of ether oxygens (including phenoxy) is 1. The van der Waals surface area contributed by atoms with Crippen molar-refractivity contribution in [3.8, 4) is 17.2 Å². The molecule has 0 aliphatic carbocycles. The molecule has 228 valence electrons. The van der Waals surface area contributed by atoms with Crippen molar-refractivity contribution in [2.45, 2.75) is 71.4 Å². The molecule has 1 unspecified atom stereocenters. The summed E-state index contributed by atoms with van der Waals surface area (Å²) in [4.78, 5) is 29.1. The minimum absolute atomic E-state index is 0.133. The van der Waals surface area contributed by atoms with Crippen LogP contribution in [0.1, 0.15) is 63.0 Å². The van der Waals surface area contributed by atoms with Gasteiger partial charge in [-0.3, -0.25) is 0 Å². The van der Waals surface area contributed by atoms with Crippen molar-refractivity contribution < 1.29 is 18.1 Å². The number of aryl methyl sites for hydroxylation is 2. The van der Waals surface area contributed by atoms with Gasteiger partial charge in [0.1, 0.15) is 17.7 Å². The van der Waals surface area contributed by atoms with Crippen LogP contribution in [0.5, 0.6) is 0 Å². The van der Waals surface area contributed by atoms with Crippen LogP contribution in [0.4, 0.5) is 9.18 Å². The van der Waals surface area contributed by atoms with Crippen LogP contribution in [0.3, 0.4) is 0 Å². The first-order chi connectivity index (χ1) is 20.1. The molecular formula is C30H36FN7O4S. The molecule has 0 saturated carbocycles. The third kappa shape index (κ3) is 5.49. The highest BCUT2D eigenvalue weighted by molar-refractivity contribution is 7.92. The van der Waals surface area contributed by atoms with Crippen molar-refractivity contribution in [2.24, 2.45) is 0 Å². The summed E-state index contributed by atoms with van der Waals surface area (Å²) in [6.45, 7) is 12.6. The molecule has 4 aromatic rings. The van der Waals surface area contributed by atoms with E-state index in [2.05, 4.69) is 5.10 Å². The van der Waals surface area contributed by atoms with E-state index in [0.717, 1.165) is 0 Å². The van der Waals surface area contributed by atoms with Crippen LogP contribution in [0, 0.1) is 24.4 Å². The largest absolute Gasteiger partial charge is 0.444 e. The smallest absolute Gasteiger partial charge is 0.410 e. The fourth-order valence-electron chi connectivity index (χ4n) is 5.29. The molecule has 1 aliphatic rings. The molecule has 0 radical (unpaired) electrons. The number of hydrogen-bond acceptors (Lipinski definition) is 7. The average Bonchev–Trinajstić information content (AvgIpc) is 3.51. The topological polar surface area (TPSA) is 128 Å². The third-order valence-electron chi connectivity index (χ3n) is 7.49. The third-order valence-corrected chi connectivity index (χ3v) is 9.32. The average molecular weight is 610 g/mol. The lowest BCUT2D eigenvalue weighted by atomic mass is 10.00. The molecule has 1 N–H and O–H groups in total. The van der Waals surface area contributed by atoms with E-state index in [1.54, 1.807) is 81.5 Å². The van der Waals surface area contributed by atoms with Gasteiger partial charge in [-0.25, -0.2) is 32.2 Å². The summed E-state index contributed by atoms with van der Waals surface area (Å²) in [6.07, 6.45) is 1.30. The minimum Gasteiger partial charge on any atom is -0.444 e. The van der Waals surface area contributed by atoms with Crippen molar-refractivity contribution >= 4 is 15.8 Å². The summed E-state index contributed by atoms with van der Waals surface area (Å²) in [5.74, 6) is 0.175. The predicted molar refractivity (Wildman–Crippen MR) is 160 cm³/mol. The van der Waals surface area contributed by atoms with Gasteiger partial charge in [0.25, 0.3) is 0 Å². The molecule has 0 saturated heterocycles.